The Balaban J connectivity index is 2.25. The molecule has 2 rings (SSSR count). The van der Waals surface area contributed by atoms with Gasteiger partial charge in [0.15, 0.2) is 11.5 Å². The molecule has 1 heterocycles. The van der Waals surface area contributed by atoms with Crippen LogP contribution in [0.3, 0.4) is 0 Å². The van der Waals surface area contributed by atoms with E-state index in [1.807, 2.05) is 6.92 Å². The molecule has 5 heteroatoms. The first kappa shape index (κ1) is 12.0. The highest BCUT2D eigenvalue weighted by Gasteiger charge is 2.18. The van der Waals surface area contributed by atoms with E-state index in [1.54, 1.807) is 12.1 Å². The summed E-state index contributed by atoms with van der Waals surface area (Å²) in [5.41, 5.74) is 0.421. The summed E-state index contributed by atoms with van der Waals surface area (Å²) in [6.07, 6.45) is 0.883. The van der Waals surface area contributed by atoms with E-state index in [1.165, 1.54) is 0 Å². The van der Waals surface area contributed by atoms with Crippen LogP contribution in [0.4, 0.5) is 0 Å². The highest BCUT2D eigenvalue weighted by Crippen LogP contribution is 2.35. The molecular weight excluding hydrogens is 242 g/mol. The minimum Gasteiger partial charge on any atom is -0.486 e. The molecule has 1 aromatic rings. The van der Waals surface area contributed by atoms with Crippen molar-refractivity contribution >= 4 is 17.5 Å². The molecule has 0 bridgehead atoms. The Bertz CT molecular complexity index is 434. The van der Waals surface area contributed by atoms with E-state index in [0.29, 0.717) is 41.8 Å². The van der Waals surface area contributed by atoms with Crippen molar-refractivity contribution in [2.45, 2.75) is 13.3 Å². The molecule has 0 aliphatic carbocycles. The molecular formula is C12H14ClNO3. The fourth-order valence-electron chi connectivity index (χ4n) is 1.57. The van der Waals surface area contributed by atoms with Crippen LogP contribution >= 0.6 is 11.6 Å². The van der Waals surface area contributed by atoms with Crippen LogP contribution in [0.25, 0.3) is 0 Å². The molecule has 4 nitrogen and oxygen atoms in total. The topological polar surface area (TPSA) is 47.6 Å². The Kier molecular flexibility index (Phi) is 3.74. The van der Waals surface area contributed by atoms with Crippen LogP contribution in [0.2, 0.25) is 5.02 Å². The predicted octanol–water partition coefficient (Wildman–Crippen LogP) is 2.25. The van der Waals surface area contributed by atoms with Crippen molar-refractivity contribution < 1.29 is 14.3 Å². The molecule has 92 valence electrons. The zero-order chi connectivity index (χ0) is 12.3. The van der Waals surface area contributed by atoms with Crippen molar-refractivity contribution in [1.29, 1.82) is 0 Å². The number of nitrogens with one attached hydrogen (secondary N) is 1. The summed E-state index contributed by atoms with van der Waals surface area (Å²) in [4.78, 5) is 11.8. The summed E-state index contributed by atoms with van der Waals surface area (Å²) in [6.45, 7) is 3.62. The Morgan fingerprint density at radius 1 is 1.35 bits per heavy atom. The van der Waals surface area contributed by atoms with Gasteiger partial charge in [-0.15, -0.1) is 0 Å². The monoisotopic (exact) mass is 255 g/mol. The van der Waals surface area contributed by atoms with Gasteiger partial charge >= 0.3 is 0 Å². The van der Waals surface area contributed by atoms with Crippen LogP contribution < -0.4 is 14.8 Å². The second-order valence-electron chi connectivity index (χ2n) is 3.73. The van der Waals surface area contributed by atoms with Gasteiger partial charge in [-0.3, -0.25) is 4.79 Å². The molecule has 0 saturated heterocycles. The quantitative estimate of drug-likeness (QED) is 0.901. The predicted molar refractivity (Wildman–Crippen MR) is 65.1 cm³/mol. The lowest BCUT2D eigenvalue weighted by molar-refractivity contribution is 0.0952. The van der Waals surface area contributed by atoms with Gasteiger partial charge < -0.3 is 14.8 Å². The van der Waals surface area contributed by atoms with Crippen molar-refractivity contribution in [2.24, 2.45) is 0 Å². The number of amides is 1. The summed E-state index contributed by atoms with van der Waals surface area (Å²) < 4.78 is 10.8. The van der Waals surface area contributed by atoms with Crippen LogP contribution in [0.15, 0.2) is 12.1 Å². The van der Waals surface area contributed by atoms with E-state index >= 15 is 0 Å². The molecule has 1 aromatic carbocycles. The number of benzene rings is 1. The molecule has 1 N–H and O–H groups in total. The number of halogens is 1. The first-order chi connectivity index (χ1) is 8.22. The van der Waals surface area contributed by atoms with Gasteiger partial charge in [0.25, 0.3) is 5.91 Å². The number of ether oxygens (including phenoxy) is 2. The summed E-state index contributed by atoms with van der Waals surface area (Å²) >= 11 is 6.04. The zero-order valence-electron chi connectivity index (χ0n) is 9.59. The number of carbonyl (C=O) groups excluding carboxylic acids is 1. The smallest absolute Gasteiger partial charge is 0.252 e. The summed E-state index contributed by atoms with van der Waals surface area (Å²) in [5, 5.41) is 3.15. The second kappa shape index (κ2) is 5.27. The van der Waals surface area contributed by atoms with Crippen LogP contribution in [0, 0.1) is 0 Å². The highest BCUT2D eigenvalue weighted by molar-refractivity contribution is 6.34. The molecule has 0 unspecified atom stereocenters. The lowest BCUT2D eigenvalue weighted by atomic mass is 10.1. The van der Waals surface area contributed by atoms with Crippen LogP contribution in [-0.4, -0.2) is 25.7 Å². The Morgan fingerprint density at radius 2 is 2.00 bits per heavy atom. The number of rotatable bonds is 3. The second-order valence-corrected chi connectivity index (χ2v) is 4.14. The standard InChI is InChI=1S/C12H14ClNO3/c1-2-3-14-12(15)8-6-10-11(7-9(8)13)17-5-4-16-10/h6-7H,2-5H2,1H3,(H,14,15). The zero-order valence-corrected chi connectivity index (χ0v) is 10.3. The fraction of sp³-hybridized carbons (Fsp3) is 0.417. The van der Waals surface area contributed by atoms with E-state index in [-0.39, 0.29) is 5.91 Å². The van der Waals surface area contributed by atoms with Gasteiger partial charge in [0.1, 0.15) is 13.2 Å². The summed E-state index contributed by atoms with van der Waals surface area (Å²) in [5.74, 6) is 0.976. The molecule has 0 fully saturated rings. The van der Waals surface area contributed by atoms with Crippen molar-refractivity contribution in [3.63, 3.8) is 0 Å². The third kappa shape index (κ3) is 2.64. The first-order valence-electron chi connectivity index (χ1n) is 5.59. The van der Waals surface area contributed by atoms with Gasteiger partial charge in [-0.2, -0.15) is 0 Å². The van der Waals surface area contributed by atoms with Crippen molar-refractivity contribution in [3.05, 3.63) is 22.7 Å². The maximum Gasteiger partial charge on any atom is 0.252 e. The number of hydrogen-bond donors (Lipinski definition) is 1. The van der Waals surface area contributed by atoms with Crippen molar-refractivity contribution in [3.8, 4) is 11.5 Å². The number of carbonyl (C=O) groups is 1. The first-order valence-corrected chi connectivity index (χ1v) is 5.97. The van der Waals surface area contributed by atoms with E-state index in [0.717, 1.165) is 6.42 Å². The van der Waals surface area contributed by atoms with Crippen molar-refractivity contribution in [2.75, 3.05) is 19.8 Å². The van der Waals surface area contributed by atoms with Gasteiger partial charge in [-0.25, -0.2) is 0 Å². The van der Waals surface area contributed by atoms with E-state index in [2.05, 4.69) is 5.32 Å². The van der Waals surface area contributed by atoms with E-state index < -0.39 is 0 Å². The maximum atomic E-state index is 11.8. The Labute approximate surface area is 105 Å². The SMILES string of the molecule is CCCNC(=O)c1cc2c(cc1Cl)OCCO2. The largest absolute Gasteiger partial charge is 0.486 e. The number of hydrogen-bond acceptors (Lipinski definition) is 3. The lowest BCUT2D eigenvalue weighted by Crippen LogP contribution is -2.25. The Hall–Kier alpha value is -1.42. The average molecular weight is 256 g/mol. The maximum absolute atomic E-state index is 11.8. The van der Waals surface area contributed by atoms with E-state index in [9.17, 15) is 4.79 Å². The minimum absolute atomic E-state index is 0.186. The molecule has 0 aromatic heterocycles. The molecule has 1 aliphatic heterocycles. The average Bonchev–Trinajstić information content (AvgIpc) is 2.35. The van der Waals surface area contributed by atoms with Crippen LogP contribution in [-0.2, 0) is 0 Å². The van der Waals surface area contributed by atoms with Gasteiger partial charge in [0, 0.05) is 12.6 Å². The molecule has 1 aliphatic rings. The van der Waals surface area contributed by atoms with E-state index in [4.69, 9.17) is 21.1 Å². The normalized spacial score (nSPS) is 13.3. The molecule has 17 heavy (non-hydrogen) atoms. The van der Waals surface area contributed by atoms with Crippen LogP contribution in [0.1, 0.15) is 23.7 Å². The van der Waals surface area contributed by atoms with Gasteiger partial charge in [0.2, 0.25) is 0 Å². The van der Waals surface area contributed by atoms with Gasteiger partial charge in [-0.05, 0) is 12.5 Å². The van der Waals surface area contributed by atoms with Crippen molar-refractivity contribution in [1.82, 2.24) is 5.32 Å². The molecule has 1 amide bonds. The third-order valence-electron chi connectivity index (χ3n) is 2.41. The van der Waals surface area contributed by atoms with Gasteiger partial charge in [0.05, 0.1) is 10.6 Å². The van der Waals surface area contributed by atoms with Gasteiger partial charge in [-0.1, -0.05) is 18.5 Å². The summed E-state index contributed by atoms with van der Waals surface area (Å²) in [6, 6.07) is 3.25. The lowest BCUT2D eigenvalue weighted by Gasteiger charge is -2.19. The van der Waals surface area contributed by atoms with Crippen LogP contribution in [0.5, 0.6) is 11.5 Å². The minimum atomic E-state index is -0.186. The number of fused-ring (bicyclic) bond motifs is 1. The molecule has 0 spiro atoms. The highest BCUT2D eigenvalue weighted by atomic mass is 35.5. The fourth-order valence-corrected chi connectivity index (χ4v) is 1.81. The summed E-state index contributed by atoms with van der Waals surface area (Å²) in [7, 11) is 0. The molecule has 0 saturated carbocycles. The third-order valence-corrected chi connectivity index (χ3v) is 2.72. The molecule has 0 radical (unpaired) electrons. The molecule has 0 atom stereocenters. The Morgan fingerprint density at radius 3 is 2.65 bits per heavy atom.